The summed E-state index contributed by atoms with van der Waals surface area (Å²) in [6.45, 7) is 4.29. The van der Waals surface area contributed by atoms with Gasteiger partial charge in [0, 0.05) is 19.6 Å². The standard InChI is InChI=1S/C19H27ClN2O2/c20-17-5-1-2-6-18(17)21-19(23)8-7-15-9-11-22(12-10-15)14-16-4-3-13-24-16/h1-2,5-6,15-16H,3-4,7-14H2,(H,21,23). The number of hydrogen-bond donors (Lipinski definition) is 1. The Bertz CT molecular complexity index is 538. The first kappa shape index (κ1) is 17.7. The zero-order valence-electron chi connectivity index (χ0n) is 14.2. The lowest BCUT2D eigenvalue weighted by Crippen LogP contribution is -2.38. The van der Waals surface area contributed by atoms with Gasteiger partial charge in [-0.15, -0.1) is 0 Å². The van der Waals surface area contributed by atoms with E-state index in [1.165, 1.54) is 25.7 Å². The molecule has 1 aromatic rings. The third-order valence-electron chi connectivity index (χ3n) is 5.12. The van der Waals surface area contributed by atoms with Crippen LogP contribution in [0, 0.1) is 5.92 Å². The van der Waals surface area contributed by atoms with Crippen LogP contribution in [0.5, 0.6) is 0 Å². The van der Waals surface area contributed by atoms with Gasteiger partial charge in [-0.2, -0.15) is 0 Å². The normalized spacial score (nSPS) is 22.6. The summed E-state index contributed by atoms with van der Waals surface area (Å²) in [6, 6.07) is 7.37. The van der Waals surface area contributed by atoms with E-state index in [2.05, 4.69) is 10.2 Å². The predicted octanol–water partition coefficient (Wildman–Crippen LogP) is 3.95. The number of halogens is 1. The highest BCUT2D eigenvalue weighted by molar-refractivity contribution is 6.33. The summed E-state index contributed by atoms with van der Waals surface area (Å²) in [4.78, 5) is 14.6. The molecule has 1 aromatic carbocycles. The molecular weight excluding hydrogens is 324 g/mol. The van der Waals surface area contributed by atoms with Crippen LogP contribution in [0.4, 0.5) is 5.69 Å². The van der Waals surface area contributed by atoms with Crippen molar-refractivity contribution in [2.75, 3.05) is 31.6 Å². The molecule has 1 amide bonds. The van der Waals surface area contributed by atoms with Crippen molar-refractivity contribution < 1.29 is 9.53 Å². The van der Waals surface area contributed by atoms with Crippen LogP contribution in [0.3, 0.4) is 0 Å². The molecule has 1 N–H and O–H groups in total. The second-order valence-electron chi connectivity index (χ2n) is 6.95. The second kappa shape index (κ2) is 8.84. The molecule has 2 aliphatic rings. The number of ether oxygens (including phenoxy) is 1. The first-order valence-corrected chi connectivity index (χ1v) is 9.47. The molecule has 0 spiro atoms. The van der Waals surface area contributed by atoms with Crippen molar-refractivity contribution in [3.63, 3.8) is 0 Å². The summed E-state index contributed by atoms with van der Waals surface area (Å²) in [5.41, 5.74) is 0.704. The monoisotopic (exact) mass is 350 g/mol. The lowest BCUT2D eigenvalue weighted by molar-refractivity contribution is -0.116. The highest BCUT2D eigenvalue weighted by atomic mass is 35.5. The summed E-state index contributed by atoms with van der Waals surface area (Å²) < 4.78 is 5.72. The van der Waals surface area contributed by atoms with Gasteiger partial charge < -0.3 is 15.0 Å². The van der Waals surface area contributed by atoms with Gasteiger partial charge in [0.1, 0.15) is 0 Å². The van der Waals surface area contributed by atoms with Crippen LogP contribution in [0.2, 0.25) is 5.02 Å². The number of likely N-dealkylation sites (tertiary alicyclic amines) is 1. The number of amides is 1. The Morgan fingerprint density at radius 3 is 2.75 bits per heavy atom. The number of carbonyl (C=O) groups is 1. The molecule has 5 heteroatoms. The van der Waals surface area contributed by atoms with E-state index in [-0.39, 0.29) is 5.91 Å². The fraction of sp³-hybridized carbons (Fsp3) is 0.632. The number of rotatable bonds is 6. The van der Waals surface area contributed by atoms with Crippen LogP contribution in [0.15, 0.2) is 24.3 Å². The Kier molecular flexibility index (Phi) is 6.52. The van der Waals surface area contributed by atoms with Crippen molar-refractivity contribution in [1.29, 1.82) is 0 Å². The molecule has 132 valence electrons. The summed E-state index contributed by atoms with van der Waals surface area (Å²) in [5, 5.41) is 3.50. The minimum Gasteiger partial charge on any atom is -0.377 e. The molecule has 2 aliphatic heterocycles. The molecule has 0 radical (unpaired) electrons. The van der Waals surface area contributed by atoms with Crippen LogP contribution < -0.4 is 5.32 Å². The number of benzene rings is 1. The molecule has 2 saturated heterocycles. The molecule has 0 aliphatic carbocycles. The predicted molar refractivity (Wildman–Crippen MR) is 97.5 cm³/mol. The Balaban J connectivity index is 1.34. The smallest absolute Gasteiger partial charge is 0.224 e. The highest BCUT2D eigenvalue weighted by Gasteiger charge is 2.24. The molecule has 24 heavy (non-hydrogen) atoms. The molecule has 0 aromatic heterocycles. The number of piperidine rings is 1. The molecule has 2 heterocycles. The summed E-state index contributed by atoms with van der Waals surface area (Å²) in [7, 11) is 0. The molecule has 2 fully saturated rings. The number of para-hydroxylation sites is 1. The van der Waals surface area contributed by atoms with E-state index >= 15 is 0 Å². The van der Waals surface area contributed by atoms with Gasteiger partial charge in [0.05, 0.1) is 16.8 Å². The lowest BCUT2D eigenvalue weighted by Gasteiger charge is -2.33. The maximum absolute atomic E-state index is 12.1. The van der Waals surface area contributed by atoms with E-state index in [1.54, 1.807) is 6.07 Å². The molecule has 1 atom stereocenters. The first-order valence-electron chi connectivity index (χ1n) is 9.09. The van der Waals surface area contributed by atoms with E-state index < -0.39 is 0 Å². The number of carbonyl (C=O) groups excluding carboxylic acids is 1. The Morgan fingerprint density at radius 1 is 1.25 bits per heavy atom. The van der Waals surface area contributed by atoms with Crippen molar-refractivity contribution in [2.24, 2.45) is 5.92 Å². The van der Waals surface area contributed by atoms with Crippen LogP contribution in [-0.4, -0.2) is 43.2 Å². The minimum atomic E-state index is 0.0601. The van der Waals surface area contributed by atoms with Crippen molar-refractivity contribution in [3.8, 4) is 0 Å². The third kappa shape index (κ3) is 5.20. The Morgan fingerprint density at radius 2 is 2.04 bits per heavy atom. The van der Waals surface area contributed by atoms with E-state index in [0.717, 1.165) is 32.7 Å². The van der Waals surface area contributed by atoms with Crippen LogP contribution in [0.25, 0.3) is 0 Å². The summed E-state index contributed by atoms with van der Waals surface area (Å²) >= 11 is 6.07. The third-order valence-corrected chi connectivity index (χ3v) is 5.45. The molecule has 0 saturated carbocycles. The van der Waals surface area contributed by atoms with Crippen molar-refractivity contribution in [1.82, 2.24) is 4.90 Å². The average molecular weight is 351 g/mol. The van der Waals surface area contributed by atoms with Gasteiger partial charge in [0.2, 0.25) is 5.91 Å². The highest BCUT2D eigenvalue weighted by Crippen LogP contribution is 2.25. The van der Waals surface area contributed by atoms with Crippen molar-refractivity contribution in [2.45, 2.75) is 44.6 Å². The zero-order valence-corrected chi connectivity index (χ0v) is 14.9. The Hall–Kier alpha value is -1.10. The maximum atomic E-state index is 12.1. The fourth-order valence-electron chi connectivity index (χ4n) is 3.64. The summed E-state index contributed by atoms with van der Waals surface area (Å²) in [6.07, 6.45) is 6.77. The van der Waals surface area contributed by atoms with Gasteiger partial charge in [0.15, 0.2) is 0 Å². The largest absolute Gasteiger partial charge is 0.377 e. The van der Waals surface area contributed by atoms with Gasteiger partial charge in [0.25, 0.3) is 0 Å². The van der Waals surface area contributed by atoms with Gasteiger partial charge >= 0.3 is 0 Å². The topological polar surface area (TPSA) is 41.6 Å². The van der Waals surface area contributed by atoms with E-state index in [0.29, 0.717) is 29.2 Å². The average Bonchev–Trinajstić information content (AvgIpc) is 3.09. The van der Waals surface area contributed by atoms with Gasteiger partial charge in [-0.3, -0.25) is 4.79 Å². The molecule has 3 rings (SSSR count). The maximum Gasteiger partial charge on any atom is 0.224 e. The van der Waals surface area contributed by atoms with Crippen LogP contribution in [-0.2, 0) is 9.53 Å². The first-order chi connectivity index (χ1) is 11.7. The quantitative estimate of drug-likeness (QED) is 0.844. The SMILES string of the molecule is O=C(CCC1CCN(CC2CCCO2)CC1)Nc1ccccc1Cl. The molecular formula is C19H27ClN2O2. The van der Waals surface area contributed by atoms with Crippen LogP contribution >= 0.6 is 11.6 Å². The van der Waals surface area contributed by atoms with Crippen LogP contribution in [0.1, 0.15) is 38.5 Å². The molecule has 1 unspecified atom stereocenters. The molecule has 0 bridgehead atoms. The number of anilines is 1. The van der Waals surface area contributed by atoms with Gasteiger partial charge in [-0.25, -0.2) is 0 Å². The van der Waals surface area contributed by atoms with E-state index in [1.807, 2.05) is 18.2 Å². The number of nitrogens with one attached hydrogen (secondary N) is 1. The van der Waals surface area contributed by atoms with Gasteiger partial charge in [-0.05, 0) is 63.2 Å². The number of hydrogen-bond acceptors (Lipinski definition) is 3. The number of nitrogens with zero attached hydrogens (tertiary/aromatic N) is 1. The summed E-state index contributed by atoms with van der Waals surface area (Å²) in [5.74, 6) is 0.715. The minimum absolute atomic E-state index is 0.0601. The second-order valence-corrected chi connectivity index (χ2v) is 7.35. The van der Waals surface area contributed by atoms with Gasteiger partial charge in [-0.1, -0.05) is 23.7 Å². The lowest BCUT2D eigenvalue weighted by atomic mass is 9.92. The van der Waals surface area contributed by atoms with Crippen molar-refractivity contribution >= 4 is 23.2 Å². The Labute approximate surface area is 149 Å². The van der Waals surface area contributed by atoms with E-state index in [9.17, 15) is 4.79 Å². The van der Waals surface area contributed by atoms with E-state index in [4.69, 9.17) is 16.3 Å². The fourth-order valence-corrected chi connectivity index (χ4v) is 3.83. The zero-order chi connectivity index (χ0) is 16.8. The van der Waals surface area contributed by atoms with Crippen molar-refractivity contribution in [3.05, 3.63) is 29.3 Å². The molecule has 4 nitrogen and oxygen atoms in total.